The Hall–Kier alpha value is -1.85. The van der Waals surface area contributed by atoms with Gasteiger partial charge in [-0.05, 0) is 42.8 Å². The van der Waals surface area contributed by atoms with Crippen molar-refractivity contribution >= 4 is 9.84 Å². The first-order valence-electron chi connectivity index (χ1n) is 6.18. The fraction of sp³-hybridized carbons (Fsp3) is 0.200. The van der Waals surface area contributed by atoms with Crippen molar-refractivity contribution in [1.82, 2.24) is 0 Å². The highest BCUT2D eigenvalue weighted by Gasteiger charge is 2.08. The fourth-order valence-electron chi connectivity index (χ4n) is 1.81. The number of nitrogens with two attached hydrogens (primary N) is 1. The summed E-state index contributed by atoms with van der Waals surface area (Å²) < 4.78 is 28.6. The van der Waals surface area contributed by atoms with Gasteiger partial charge in [-0.3, -0.25) is 0 Å². The zero-order valence-corrected chi connectivity index (χ0v) is 12.3. The van der Waals surface area contributed by atoms with Gasteiger partial charge in [-0.1, -0.05) is 12.1 Å². The van der Waals surface area contributed by atoms with Gasteiger partial charge in [0.05, 0.1) is 4.90 Å². The second kappa shape index (κ2) is 5.64. The predicted octanol–water partition coefficient (Wildman–Crippen LogP) is 2.65. The molecular weight excluding hydrogens is 274 g/mol. The number of sulfone groups is 1. The van der Waals surface area contributed by atoms with Gasteiger partial charge < -0.3 is 10.5 Å². The van der Waals surface area contributed by atoms with Crippen LogP contribution in [0.2, 0.25) is 0 Å². The Labute approximate surface area is 119 Å². The van der Waals surface area contributed by atoms with Crippen LogP contribution < -0.4 is 10.5 Å². The maximum atomic E-state index is 11.4. The highest BCUT2D eigenvalue weighted by molar-refractivity contribution is 7.90. The maximum Gasteiger partial charge on any atom is 0.175 e. The molecule has 0 saturated heterocycles. The Morgan fingerprint density at radius 1 is 1.10 bits per heavy atom. The predicted molar refractivity (Wildman–Crippen MR) is 78.7 cm³/mol. The highest BCUT2D eigenvalue weighted by atomic mass is 32.2. The molecule has 0 bridgehead atoms. The number of ether oxygens (including phenoxy) is 1. The Balaban J connectivity index is 2.29. The number of hydrogen-bond acceptors (Lipinski definition) is 4. The van der Waals surface area contributed by atoms with Gasteiger partial charge in [-0.25, -0.2) is 8.42 Å². The molecule has 2 rings (SSSR count). The summed E-state index contributed by atoms with van der Waals surface area (Å²) in [5.74, 6) is 1.28. The molecule has 2 aromatic carbocycles. The topological polar surface area (TPSA) is 69.4 Å². The zero-order valence-electron chi connectivity index (χ0n) is 11.5. The maximum absolute atomic E-state index is 11.4. The van der Waals surface area contributed by atoms with Gasteiger partial charge in [-0.15, -0.1) is 0 Å². The Bertz CT molecular complexity index is 706. The first-order valence-corrected chi connectivity index (χ1v) is 8.07. The van der Waals surface area contributed by atoms with E-state index in [0.717, 1.165) is 11.1 Å². The summed E-state index contributed by atoms with van der Waals surface area (Å²) in [5, 5.41) is 0. The molecule has 0 unspecified atom stereocenters. The van der Waals surface area contributed by atoms with E-state index in [-0.39, 0.29) is 4.90 Å². The Kier molecular flexibility index (Phi) is 4.11. The SMILES string of the molecule is Cc1ccc(CN)c(Oc2ccc(S(C)(=O)=O)cc2)c1. The average molecular weight is 291 g/mol. The number of aryl methyl sites for hydroxylation is 1. The molecule has 0 saturated carbocycles. The third-order valence-corrected chi connectivity index (χ3v) is 4.05. The summed E-state index contributed by atoms with van der Waals surface area (Å²) in [5.41, 5.74) is 7.66. The summed E-state index contributed by atoms with van der Waals surface area (Å²) >= 11 is 0. The van der Waals surface area contributed by atoms with Crippen molar-refractivity contribution in [2.24, 2.45) is 5.73 Å². The van der Waals surface area contributed by atoms with Crippen molar-refractivity contribution in [1.29, 1.82) is 0 Å². The van der Waals surface area contributed by atoms with Crippen LogP contribution in [0, 0.1) is 6.92 Å². The summed E-state index contributed by atoms with van der Waals surface area (Å²) in [6.07, 6.45) is 1.18. The molecule has 0 aliphatic heterocycles. The van der Waals surface area contributed by atoms with E-state index in [1.165, 1.54) is 18.4 Å². The Morgan fingerprint density at radius 2 is 1.75 bits per heavy atom. The lowest BCUT2D eigenvalue weighted by Crippen LogP contribution is -2.00. The molecule has 0 atom stereocenters. The largest absolute Gasteiger partial charge is 0.457 e. The first kappa shape index (κ1) is 14.6. The molecule has 0 aromatic heterocycles. The van der Waals surface area contributed by atoms with E-state index in [9.17, 15) is 8.42 Å². The van der Waals surface area contributed by atoms with E-state index < -0.39 is 9.84 Å². The lowest BCUT2D eigenvalue weighted by molar-refractivity contribution is 0.475. The quantitative estimate of drug-likeness (QED) is 0.940. The van der Waals surface area contributed by atoms with Crippen molar-refractivity contribution in [3.05, 3.63) is 53.6 Å². The van der Waals surface area contributed by atoms with Crippen LogP contribution in [0.1, 0.15) is 11.1 Å². The standard InChI is InChI=1S/C15H17NO3S/c1-11-3-4-12(10-16)15(9-11)19-13-5-7-14(8-6-13)20(2,17)18/h3-9H,10,16H2,1-2H3. The number of hydrogen-bond donors (Lipinski definition) is 1. The molecular formula is C15H17NO3S. The second-order valence-corrected chi connectivity index (χ2v) is 6.68. The van der Waals surface area contributed by atoms with Crippen LogP contribution in [0.4, 0.5) is 0 Å². The van der Waals surface area contributed by atoms with E-state index in [1.807, 2.05) is 25.1 Å². The van der Waals surface area contributed by atoms with E-state index in [0.29, 0.717) is 18.0 Å². The van der Waals surface area contributed by atoms with Gasteiger partial charge in [0.15, 0.2) is 9.84 Å². The average Bonchev–Trinajstić information content (AvgIpc) is 2.38. The summed E-state index contributed by atoms with van der Waals surface area (Å²) in [4.78, 5) is 0.271. The number of rotatable bonds is 4. The van der Waals surface area contributed by atoms with E-state index in [1.54, 1.807) is 12.1 Å². The van der Waals surface area contributed by atoms with Gasteiger partial charge in [-0.2, -0.15) is 0 Å². The molecule has 106 valence electrons. The van der Waals surface area contributed by atoms with Gasteiger partial charge in [0.2, 0.25) is 0 Å². The third-order valence-electron chi connectivity index (χ3n) is 2.92. The lowest BCUT2D eigenvalue weighted by Gasteiger charge is -2.11. The van der Waals surface area contributed by atoms with E-state index in [2.05, 4.69) is 0 Å². The van der Waals surface area contributed by atoms with E-state index >= 15 is 0 Å². The van der Waals surface area contributed by atoms with Crippen molar-refractivity contribution in [3.63, 3.8) is 0 Å². The van der Waals surface area contributed by atoms with E-state index in [4.69, 9.17) is 10.5 Å². The molecule has 0 aliphatic carbocycles. The molecule has 0 amide bonds. The fourth-order valence-corrected chi connectivity index (χ4v) is 2.44. The zero-order chi connectivity index (χ0) is 14.8. The number of benzene rings is 2. The third kappa shape index (κ3) is 3.37. The Morgan fingerprint density at radius 3 is 2.30 bits per heavy atom. The minimum Gasteiger partial charge on any atom is -0.457 e. The van der Waals surface area contributed by atoms with Crippen molar-refractivity contribution in [2.75, 3.05) is 6.26 Å². The molecule has 2 aromatic rings. The van der Waals surface area contributed by atoms with Gasteiger partial charge >= 0.3 is 0 Å². The summed E-state index contributed by atoms with van der Waals surface area (Å²) in [6.45, 7) is 2.36. The normalized spacial score (nSPS) is 11.3. The second-order valence-electron chi connectivity index (χ2n) is 4.66. The molecule has 5 heteroatoms. The van der Waals surface area contributed by atoms with Gasteiger partial charge in [0, 0.05) is 18.4 Å². The van der Waals surface area contributed by atoms with Crippen LogP contribution in [-0.4, -0.2) is 14.7 Å². The monoisotopic (exact) mass is 291 g/mol. The van der Waals surface area contributed by atoms with Crippen molar-refractivity contribution < 1.29 is 13.2 Å². The van der Waals surface area contributed by atoms with Crippen LogP contribution in [0.15, 0.2) is 47.4 Å². The van der Waals surface area contributed by atoms with Crippen molar-refractivity contribution in [2.45, 2.75) is 18.4 Å². The highest BCUT2D eigenvalue weighted by Crippen LogP contribution is 2.27. The van der Waals surface area contributed by atoms with Crippen molar-refractivity contribution in [3.8, 4) is 11.5 Å². The lowest BCUT2D eigenvalue weighted by atomic mass is 10.1. The van der Waals surface area contributed by atoms with Crippen LogP contribution in [0.3, 0.4) is 0 Å². The van der Waals surface area contributed by atoms with Gasteiger partial charge in [0.1, 0.15) is 11.5 Å². The minimum absolute atomic E-state index is 0.271. The first-order chi connectivity index (χ1) is 9.40. The molecule has 0 radical (unpaired) electrons. The summed E-state index contributed by atoms with van der Waals surface area (Å²) in [6, 6.07) is 12.1. The van der Waals surface area contributed by atoms with Gasteiger partial charge in [0.25, 0.3) is 0 Å². The minimum atomic E-state index is -3.19. The van der Waals surface area contributed by atoms with Crippen LogP contribution in [0.25, 0.3) is 0 Å². The van der Waals surface area contributed by atoms with Crippen LogP contribution >= 0.6 is 0 Å². The molecule has 0 fully saturated rings. The molecule has 4 nitrogen and oxygen atoms in total. The van der Waals surface area contributed by atoms with Crippen LogP contribution in [0.5, 0.6) is 11.5 Å². The summed E-state index contributed by atoms with van der Waals surface area (Å²) in [7, 11) is -3.19. The molecule has 0 spiro atoms. The molecule has 0 heterocycles. The van der Waals surface area contributed by atoms with Crippen LogP contribution in [-0.2, 0) is 16.4 Å². The smallest absolute Gasteiger partial charge is 0.175 e. The molecule has 20 heavy (non-hydrogen) atoms. The molecule has 2 N–H and O–H groups in total. The molecule has 0 aliphatic rings.